The number of benzene rings is 1. The van der Waals surface area contributed by atoms with E-state index >= 15 is 0 Å². The van der Waals surface area contributed by atoms with E-state index in [-0.39, 0.29) is 0 Å². The summed E-state index contributed by atoms with van der Waals surface area (Å²) in [6.07, 6.45) is 2.94. The van der Waals surface area contributed by atoms with Crippen molar-refractivity contribution in [1.29, 1.82) is 0 Å². The summed E-state index contributed by atoms with van der Waals surface area (Å²) in [7, 11) is 0. The summed E-state index contributed by atoms with van der Waals surface area (Å²) < 4.78 is 2.20. The van der Waals surface area contributed by atoms with Gasteiger partial charge in [-0.3, -0.25) is 0 Å². The minimum atomic E-state index is 0.967. The summed E-state index contributed by atoms with van der Waals surface area (Å²) in [6.45, 7) is 11.2. The van der Waals surface area contributed by atoms with Crippen LogP contribution >= 0.6 is 0 Å². The van der Waals surface area contributed by atoms with Crippen LogP contribution in [0, 0.1) is 13.8 Å². The lowest BCUT2D eigenvalue weighted by atomic mass is 10.1. The summed E-state index contributed by atoms with van der Waals surface area (Å²) in [5, 5.41) is 0. The van der Waals surface area contributed by atoms with Crippen molar-refractivity contribution in [2.45, 2.75) is 33.7 Å². The van der Waals surface area contributed by atoms with E-state index in [0.29, 0.717) is 0 Å². The molecule has 0 spiro atoms. The Bertz CT molecular complexity index is 535. The van der Waals surface area contributed by atoms with Gasteiger partial charge in [-0.05, 0) is 50.5 Å². The van der Waals surface area contributed by atoms with Gasteiger partial charge in [0.15, 0.2) is 0 Å². The second-order valence-electron chi connectivity index (χ2n) is 4.57. The predicted octanol–water partition coefficient (Wildman–Crippen LogP) is 3.62. The first-order chi connectivity index (χ1) is 7.58. The molecule has 0 aliphatic heterocycles. The number of rotatable bonds is 3. The van der Waals surface area contributed by atoms with Crippen molar-refractivity contribution in [2.75, 3.05) is 0 Å². The average Bonchev–Trinajstić information content (AvgIpc) is 2.58. The van der Waals surface area contributed by atoms with Gasteiger partial charge in [-0.2, -0.15) is 0 Å². The molecule has 2 nitrogen and oxygen atoms in total. The zero-order chi connectivity index (χ0) is 11.7. The van der Waals surface area contributed by atoms with Gasteiger partial charge in [0, 0.05) is 6.54 Å². The van der Waals surface area contributed by atoms with Gasteiger partial charge < -0.3 is 4.57 Å². The third-order valence-corrected chi connectivity index (χ3v) is 3.02. The summed E-state index contributed by atoms with van der Waals surface area (Å²) >= 11 is 0. The fourth-order valence-corrected chi connectivity index (χ4v) is 1.80. The molecule has 2 rings (SSSR count). The molecule has 0 bridgehead atoms. The van der Waals surface area contributed by atoms with E-state index in [9.17, 15) is 0 Å². The van der Waals surface area contributed by atoms with Crippen LogP contribution in [0.25, 0.3) is 11.0 Å². The highest BCUT2D eigenvalue weighted by Crippen LogP contribution is 2.18. The zero-order valence-corrected chi connectivity index (χ0v) is 10.2. The third kappa shape index (κ3) is 2.01. The Morgan fingerprint density at radius 3 is 2.69 bits per heavy atom. The first kappa shape index (κ1) is 10.9. The van der Waals surface area contributed by atoms with E-state index in [1.807, 2.05) is 6.33 Å². The molecule has 0 atom stereocenters. The van der Waals surface area contributed by atoms with Gasteiger partial charge >= 0.3 is 0 Å². The molecule has 2 heteroatoms. The van der Waals surface area contributed by atoms with Crippen LogP contribution in [0.15, 0.2) is 30.6 Å². The van der Waals surface area contributed by atoms with Crippen LogP contribution in [0.3, 0.4) is 0 Å². The molecule has 0 N–H and O–H groups in total. The number of allylic oxidation sites excluding steroid dienone is 1. The van der Waals surface area contributed by atoms with Crippen molar-refractivity contribution in [3.63, 3.8) is 0 Å². The highest BCUT2D eigenvalue weighted by Gasteiger charge is 2.04. The molecule has 0 radical (unpaired) electrons. The molecule has 0 fully saturated rings. The molecule has 1 heterocycles. The number of fused-ring (bicyclic) bond motifs is 1. The van der Waals surface area contributed by atoms with E-state index in [1.54, 1.807) is 0 Å². The van der Waals surface area contributed by atoms with E-state index in [1.165, 1.54) is 22.2 Å². The highest BCUT2D eigenvalue weighted by atomic mass is 15.0. The third-order valence-electron chi connectivity index (χ3n) is 3.02. The maximum Gasteiger partial charge on any atom is 0.0958 e. The van der Waals surface area contributed by atoms with Crippen LogP contribution in [0.1, 0.15) is 24.5 Å². The number of hydrogen-bond donors (Lipinski definition) is 0. The molecule has 16 heavy (non-hydrogen) atoms. The summed E-state index contributed by atoms with van der Waals surface area (Å²) in [5.41, 5.74) is 6.15. The van der Waals surface area contributed by atoms with Crippen LogP contribution in [-0.4, -0.2) is 9.55 Å². The Labute approximate surface area is 96.6 Å². The van der Waals surface area contributed by atoms with Crippen LogP contribution in [0.4, 0.5) is 0 Å². The highest BCUT2D eigenvalue weighted by molar-refractivity contribution is 5.77. The first-order valence-corrected chi connectivity index (χ1v) is 5.64. The lowest BCUT2D eigenvalue weighted by Gasteiger charge is -2.05. The first-order valence-electron chi connectivity index (χ1n) is 5.64. The molecule has 0 aliphatic carbocycles. The SMILES string of the molecule is C=C(C)CCn1cnc2cc(C)c(C)cc21. The van der Waals surface area contributed by atoms with Crippen molar-refractivity contribution in [3.05, 3.63) is 41.7 Å². The van der Waals surface area contributed by atoms with Gasteiger partial charge in [0.2, 0.25) is 0 Å². The Morgan fingerprint density at radius 1 is 1.31 bits per heavy atom. The van der Waals surface area contributed by atoms with Crippen LogP contribution in [0.2, 0.25) is 0 Å². The molecule has 1 aromatic carbocycles. The lowest BCUT2D eigenvalue weighted by molar-refractivity contribution is 0.712. The summed E-state index contributed by atoms with van der Waals surface area (Å²) in [5.74, 6) is 0. The molecule has 0 saturated heterocycles. The van der Waals surface area contributed by atoms with Gasteiger partial charge in [-0.25, -0.2) is 4.98 Å². The van der Waals surface area contributed by atoms with Crippen molar-refractivity contribution < 1.29 is 0 Å². The largest absolute Gasteiger partial charge is 0.330 e. The Kier molecular flexibility index (Phi) is 2.82. The van der Waals surface area contributed by atoms with Crippen molar-refractivity contribution in [3.8, 4) is 0 Å². The molecular formula is C14H18N2. The molecule has 1 aromatic heterocycles. The Hall–Kier alpha value is -1.57. The van der Waals surface area contributed by atoms with Crippen molar-refractivity contribution in [2.24, 2.45) is 0 Å². The maximum absolute atomic E-state index is 4.43. The number of hydrogen-bond acceptors (Lipinski definition) is 1. The molecule has 2 aromatic rings. The average molecular weight is 214 g/mol. The number of aromatic nitrogens is 2. The van der Waals surface area contributed by atoms with Crippen LogP contribution < -0.4 is 0 Å². The minimum absolute atomic E-state index is 0.967. The van der Waals surface area contributed by atoms with Crippen molar-refractivity contribution in [1.82, 2.24) is 9.55 Å². The van der Waals surface area contributed by atoms with Crippen LogP contribution in [-0.2, 0) is 6.54 Å². The van der Waals surface area contributed by atoms with Gasteiger partial charge in [0.25, 0.3) is 0 Å². The smallest absolute Gasteiger partial charge is 0.0958 e. The maximum atomic E-state index is 4.43. The lowest BCUT2D eigenvalue weighted by Crippen LogP contribution is -1.96. The summed E-state index contributed by atoms with van der Waals surface area (Å²) in [4.78, 5) is 4.43. The predicted molar refractivity (Wildman–Crippen MR) is 68.6 cm³/mol. The molecule has 0 saturated carbocycles. The van der Waals surface area contributed by atoms with Crippen molar-refractivity contribution >= 4 is 11.0 Å². The fraction of sp³-hybridized carbons (Fsp3) is 0.357. The number of imidazole rings is 1. The van der Waals surface area contributed by atoms with E-state index < -0.39 is 0 Å². The summed E-state index contributed by atoms with van der Waals surface area (Å²) in [6, 6.07) is 4.37. The number of aryl methyl sites for hydroxylation is 3. The second kappa shape index (κ2) is 4.12. The quantitative estimate of drug-likeness (QED) is 0.713. The molecular weight excluding hydrogens is 196 g/mol. The zero-order valence-electron chi connectivity index (χ0n) is 10.2. The van der Waals surface area contributed by atoms with Crippen LogP contribution in [0.5, 0.6) is 0 Å². The van der Waals surface area contributed by atoms with Gasteiger partial charge in [-0.15, -0.1) is 6.58 Å². The molecule has 0 unspecified atom stereocenters. The molecule has 0 amide bonds. The fourth-order valence-electron chi connectivity index (χ4n) is 1.80. The van der Waals surface area contributed by atoms with Gasteiger partial charge in [-0.1, -0.05) is 5.57 Å². The Balaban J connectivity index is 2.40. The van der Waals surface area contributed by atoms with E-state index in [0.717, 1.165) is 18.5 Å². The topological polar surface area (TPSA) is 17.8 Å². The second-order valence-corrected chi connectivity index (χ2v) is 4.57. The standard InChI is InChI=1S/C14H18N2/c1-10(2)5-6-16-9-15-13-7-11(3)12(4)8-14(13)16/h7-9H,1,5-6H2,2-4H3. The molecule has 84 valence electrons. The van der Waals surface area contributed by atoms with Gasteiger partial charge in [0.1, 0.15) is 0 Å². The normalized spacial score (nSPS) is 10.9. The minimum Gasteiger partial charge on any atom is -0.330 e. The van der Waals surface area contributed by atoms with Gasteiger partial charge in [0.05, 0.1) is 17.4 Å². The van der Waals surface area contributed by atoms with E-state index in [4.69, 9.17) is 0 Å². The Morgan fingerprint density at radius 2 is 2.00 bits per heavy atom. The molecule has 0 aliphatic rings. The monoisotopic (exact) mass is 214 g/mol. The number of nitrogens with zero attached hydrogens (tertiary/aromatic N) is 2. The van der Waals surface area contributed by atoms with E-state index in [2.05, 4.69) is 49.0 Å².